The normalized spacial score (nSPS) is 15.8. The van der Waals surface area contributed by atoms with Crippen molar-refractivity contribution >= 4 is 40.3 Å². The number of alkyl carbamates (subject to hydrolysis) is 1. The standard InChI is InChI=1S/C45H62N4O6/c1-6-8-25-40(43(52)48-38(27-33-18-11-9-12-19-33)41(50)28-35(7-2)42(51)46-29-31(3)4)49(39-26-17-23-36-22-15-16-24-37(36)39)44(53)32(5)47-45(54)55-30-34-20-13-10-14-21-34/h10,13-17,20-24,26,28,31-33,38,40-41,50H,6-9,11-12,18-19,25,27,29-30H2,1-5H3,(H,46,51)(H,47,54)(H,48,52)/b35-28+/t32-,38-,40-,41-/m0/s1. The van der Waals surface area contributed by atoms with Crippen molar-refractivity contribution in [3.8, 4) is 0 Å². The van der Waals surface area contributed by atoms with Gasteiger partial charge in [-0.15, -0.1) is 0 Å². The van der Waals surface area contributed by atoms with Crippen LogP contribution < -0.4 is 20.9 Å². The van der Waals surface area contributed by atoms with Gasteiger partial charge in [-0.25, -0.2) is 4.79 Å². The molecule has 10 heteroatoms. The van der Waals surface area contributed by atoms with Crippen molar-refractivity contribution < 1.29 is 29.0 Å². The number of unbranched alkanes of at least 4 members (excludes halogenated alkanes) is 1. The molecule has 0 aliphatic heterocycles. The third-order valence-electron chi connectivity index (χ3n) is 10.4. The largest absolute Gasteiger partial charge is 0.445 e. The fraction of sp³-hybridized carbons (Fsp3) is 0.511. The van der Waals surface area contributed by atoms with Crippen molar-refractivity contribution in [1.29, 1.82) is 0 Å². The van der Waals surface area contributed by atoms with Gasteiger partial charge in [0, 0.05) is 17.5 Å². The van der Waals surface area contributed by atoms with E-state index in [4.69, 9.17) is 4.74 Å². The summed E-state index contributed by atoms with van der Waals surface area (Å²) in [6, 6.07) is 19.9. The molecular formula is C45H62N4O6. The highest BCUT2D eigenvalue weighted by Crippen LogP contribution is 2.32. The maximum Gasteiger partial charge on any atom is 0.408 e. The molecule has 10 nitrogen and oxygen atoms in total. The van der Waals surface area contributed by atoms with Gasteiger partial charge in [-0.1, -0.05) is 139 Å². The van der Waals surface area contributed by atoms with Crippen LogP contribution in [0.1, 0.15) is 104 Å². The average molecular weight is 755 g/mol. The Morgan fingerprint density at radius 2 is 1.58 bits per heavy atom. The summed E-state index contributed by atoms with van der Waals surface area (Å²) >= 11 is 0. The highest BCUT2D eigenvalue weighted by atomic mass is 16.5. The van der Waals surface area contributed by atoms with E-state index < -0.39 is 42.1 Å². The van der Waals surface area contributed by atoms with Crippen LogP contribution in [0.15, 0.2) is 84.4 Å². The van der Waals surface area contributed by atoms with E-state index in [0.29, 0.717) is 49.4 Å². The van der Waals surface area contributed by atoms with Crippen molar-refractivity contribution in [1.82, 2.24) is 16.0 Å². The number of anilines is 1. The molecule has 1 aliphatic carbocycles. The molecule has 0 bridgehead atoms. The zero-order chi connectivity index (χ0) is 39.7. The van der Waals surface area contributed by atoms with Gasteiger partial charge in [0.15, 0.2) is 0 Å². The Labute approximate surface area is 327 Å². The van der Waals surface area contributed by atoms with E-state index >= 15 is 0 Å². The number of aliphatic hydroxyl groups is 1. The first-order chi connectivity index (χ1) is 26.5. The highest BCUT2D eigenvalue weighted by molar-refractivity contribution is 6.09. The second kappa shape index (κ2) is 22.0. The Morgan fingerprint density at radius 3 is 2.27 bits per heavy atom. The quantitative estimate of drug-likeness (QED) is 0.0917. The zero-order valence-electron chi connectivity index (χ0n) is 33.4. The number of rotatable bonds is 19. The molecule has 4 rings (SSSR count). The summed E-state index contributed by atoms with van der Waals surface area (Å²) in [4.78, 5) is 57.1. The number of fused-ring (bicyclic) bond motifs is 1. The third kappa shape index (κ3) is 12.9. The van der Waals surface area contributed by atoms with Crippen molar-refractivity contribution in [3.63, 3.8) is 0 Å². The predicted octanol–water partition coefficient (Wildman–Crippen LogP) is 7.97. The van der Waals surface area contributed by atoms with Crippen LogP contribution in [0.4, 0.5) is 10.5 Å². The summed E-state index contributed by atoms with van der Waals surface area (Å²) in [7, 11) is 0. The average Bonchev–Trinajstić information content (AvgIpc) is 3.19. The Kier molecular flexibility index (Phi) is 17.2. The SMILES string of the molecule is CCCC[C@@H](C(=O)N[C@@H](CC1CCCCC1)[C@@H](O)/C=C(\CC)C(=O)NCC(C)C)N(C(=O)[C@H](C)NC(=O)OCc1ccccc1)c1cccc2ccccc12. The molecule has 0 heterocycles. The lowest BCUT2D eigenvalue weighted by molar-refractivity contribution is -0.128. The molecule has 0 aromatic heterocycles. The zero-order valence-corrected chi connectivity index (χ0v) is 33.4. The number of amides is 4. The minimum Gasteiger partial charge on any atom is -0.445 e. The topological polar surface area (TPSA) is 137 Å². The molecule has 55 heavy (non-hydrogen) atoms. The van der Waals surface area contributed by atoms with Gasteiger partial charge in [-0.2, -0.15) is 0 Å². The molecule has 1 saturated carbocycles. The van der Waals surface area contributed by atoms with Gasteiger partial charge in [-0.05, 0) is 61.1 Å². The molecule has 298 valence electrons. The van der Waals surface area contributed by atoms with Gasteiger partial charge < -0.3 is 25.8 Å². The maximum atomic E-state index is 14.8. The van der Waals surface area contributed by atoms with E-state index in [1.165, 1.54) is 11.3 Å². The summed E-state index contributed by atoms with van der Waals surface area (Å²) in [6.45, 7) is 10.1. The first-order valence-corrected chi connectivity index (χ1v) is 20.3. The van der Waals surface area contributed by atoms with Crippen LogP contribution in [-0.2, 0) is 25.7 Å². The fourth-order valence-electron chi connectivity index (χ4n) is 7.28. The summed E-state index contributed by atoms with van der Waals surface area (Å²) in [5.74, 6) is -0.517. The second-order valence-electron chi connectivity index (χ2n) is 15.3. The van der Waals surface area contributed by atoms with Crippen molar-refractivity contribution in [2.24, 2.45) is 11.8 Å². The van der Waals surface area contributed by atoms with Crippen LogP contribution >= 0.6 is 0 Å². The number of hydrogen-bond donors (Lipinski definition) is 4. The lowest BCUT2D eigenvalue weighted by atomic mass is 9.83. The molecule has 1 aliphatic rings. The maximum absolute atomic E-state index is 14.8. The van der Waals surface area contributed by atoms with E-state index in [2.05, 4.69) is 16.0 Å². The monoisotopic (exact) mass is 754 g/mol. The van der Waals surface area contributed by atoms with Gasteiger partial charge in [-0.3, -0.25) is 19.3 Å². The van der Waals surface area contributed by atoms with Crippen molar-refractivity contribution in [3.05, 3.63) is 90.0 Å². The molecule has 1 fully saturated rings. The molecular weight excluding hydrogens is 693 g/mol. The van der Waals surface area contributed by atoms with Crippen molar-refractivity contribution in [2.45, 2.75) is 130 Å². The molecule has 4 N–H and O–H groups in total. The van der Waals surface area contributed by atoms with Crippen molar-refractivity contribution in [2.75, 3.05) is 11.4 Å². The van der Waals surface area contributed by atoms with Gasteiger partial charge in [0.25, 0.3) is 0 Å². The smallest absolute Gasteiger partial charge is 0.408 e. The molecule has 4 atom stereocenters. The molecule has 0 radical (unpaired) electrons. The van der Waals surface area contributed by atoms with Gasteiger partial charge >= 0.3 is 6.09 Å². The first kappa shape index (κ1) is 43.0. The Morgan fingerprint density at radius 1 is 0.891 bits per heavy atom. The number of carbonyl (C=O) groups excluding carboxylic acids is 4. The number of aliphatic hydroxyl groups excluding tert-OH is 1. The van der Waals surface area contributed by atoms with E-state index in [9.17, 15) is 24.3 Å². The minimum absolute atomic E-state index is 0.0421. The van der Waals surface area contributed by atoms with E-state index in [0.717, 1.165) is 48.4 Å². The van der Waals surface area contributed by atoms with Gasteiger partial charge in [0.1, 0.15) is 18.7 Å². The lowest BCUT2D eigenvalue weighted by Crippen LogP contribution is -2.58. The van der Waals surface area contributed by atoms with Gasteiger partial charge in [0.05, 0.1) is 17.8 Å². The highest BCUT2D eigenvalue weighted by Gasteiger charge is 2.37. The molecule has 0 unspecified atom stereocenters. The predicted molar refractivity (Wildman–Crippen MR) is 219 cm³/mol. The number of carbonyl (C=O) groups is 4. The molecule has 0 spiro atoms. The summed E-state index contributed by atoms with van der Waals surface area (Å²) in [5, 5.41) is 22.3. The molecule has 3 aromatic rings. The number of ether oxygens (including phenoxy) is 1. The number of hydrogen-bond acceptors (Lipinski definition) is 6. The van der Waals surface area contributed by atoms with Crippen LogP contribution in [-0.4, -0.2) is 59.7 Å². The summed E-state index contributed by atoms with van der Waals surface area (Å²) < 4.78 is 5.45. The van der Waals surface area contributed by atoms with Crippen LogP contribution in [0.3, 0.4) is 0 Å². The summed E-state index contributed by atoms with van der Waals surface area (Å²) in [6.07, 6.45) is 7.82. The second-order valence-corrected chi connectivity index (χ2v) is 15.3. The molecule has 3 aromatic carbocycles. The van der Waals surface area contributed by atoms with Gasteiger partial charge in [0.2, 0.25) is 17.7 Å². The van der Waals surface area contributed by atoms with Crippen LogP contribution in [0.5, 0.6) is 0 Å². The Hall–Kier alpha value is -4.70. The van der Waals surface area contributed by atoms with Crippen LogP contribution in [0.25, 0.3) is 10.8 Å². The first-order valence-electron chi connectivity index (χ1n) is 20.3. The van der Waals surface area contributed by atoms with Crippen LogP contribution in [0, 0.1) is 11.8 Å². The van der Waals surface area contributed by atoms with E-state index in [-0.39, 0.29) is 18.4 Å². The Bertz CT molecular complexity index is 1720. The van der Waals surface area contributed by atoms with E-state index in [1.54, 1.807) is 13.0 Å². The minimum atomic E-state index is -1.13. The van der Waals surface area contributed by atoms with Crippen LogP contribution in [0.2, 0.25) is 0 Å². The third-order valence-corrected chi connectivity index (χ3v) is 10.4. The van der Waals surface area contributed by atoms with E-state index in [1.807, 2.05) is 100 Å². The number of benzene rings is 3. The lowest BCUT2D eigenvalue weighted by Gasteiger charge is -2.36. The number of nitrogens with one attached hydrogen (secondary N) is 3. The molecule has 4 amide bonds. The summed E-state index contributed by atoms with van der Waals surface area (Å²) in [5.41, 5.74) is 1.82. The Balaban J connectivity index is 1.69. The fourth-order valence-corrected chi connectivity index (χ4v) is 7.28. The number of nitrogens with zero attached hydrogens (tertiary/aromatic N) is 1. The molecule has 0 saturated heterocycles.